The Morgan fingerprint density at radius 1 is 1.24 bits per heavy atom. The third-order valence-corrected chi connectivity index (χ3v) is 5.06. The van der Waals surface area contributed by atoms with Gasteiger partial charge >= 0.3 is 0 Å². The molecule has 1 atom stereocenters. The third-order valence-electron chi connectivity index (χ3n) is 4.82. The second-order valence-corrected chi connectivity index (χ2v) is 7.18. The minimum Gasteiger partial charge on any atom is -0.454 e. The maximum Gasteiger partial charge on any atom is 0.282 e. The number of benzene rings is 2. The fraction of sp³-hybridized carbons (Fsp3) is 0.263. The van der Waals surface area contributed by atoms with Crippen molar-refractivity contribution in [2.24, 2.45) is 5.92 Å². The zero-order valence-corrected chi connectivity index (χ0v) is 15.8. The van der Waals surface area contributed by atoms with Crippen LogP contribution in [0.2, 0.25) is 5.02 Å². The summed E-state index contributed by atoms with van der Waals surface area (Å²) in [4.78, 5) is 37.0. The van der Waals surface area contributed by atoms with Crippen LogP contribution in [0, 0.1) is 16.0 Å². The highest BCUT2D eigenvalue weighted by Crippen LogP contribution is 2.37. The number of rotatable bonds is 5. The lowest BCUT2D eigenvalue weighted by molar-refractivity contribution is -0.385. The summed E-state index contributed by atoms with van der Waals surface area (Å²) in [7, 11) is 0. The van der Waals surface area contributed by atoms with Crippen molar-refractivity contribution in [2.75, 3.05) is 24.8 Å². The minimum atomic E-state index is -0.633. The van der Waals surface area contributed by atoms with Crippen LogP contribution >= 0.6 is 11.6 Å². The Kier molecular flexibility index (Phi) is 4.98. The molecular weight excluding hydrogens is 402 g/mol. The lowest BCUT2D eigenvalue weighted by atomic mass is 10.1. The number of carbonyl (C=O) groups excluding carboxylic acids is 2. The monoisotopic (exact) mass is 417 g/mol. The summed E-state index contributed by atoms with van der Waals surface area (Å²) in [5.41, 5.74) is 0.259. The van der Waals surface area contributed by atoms with Gasteiger partial charge in [0.25, 0.3) is 11.6 Å². The standard InChI is InChI=1S/C19H16ClN3O6/c20-12-1-3-15(23(26)27)14(6-12)19(25)21-8-11-5-18(24)22(9-11)13-2-4-16-17(7-13)29-10-28-16/h1-4,6-7,11H,5,8-10H2,(H,21,25). The Morgan fingerprint density at radius 2 is 2.03 bits per heavy atom. The summed E-state index contributed by atoms with van der Waals surface area (Å²) < 4.78 is 10.6. The number of carbonyl (C=O) groups is 2. The molecule has 2 aliphatic heterocycles. The normalized spacial score (nSPS) is 17.5. The zero-order valence-electron chi connectivity index (χ0n) is 15.1. The van der Waals surface area contributed by atoms with Gasteiger partial charge in [-0.25, -0.2) is 0 Å². The number of nitrogens with zero attached hydrogens (tertiary/aromatic N) is 2. The van der Waals surface area contributed by atoms with Gasteiger partial charge in [0.15, 0.2) is 11.5 Å². The van der Waals surface area contributed by atoms with Crippen molar-refractivity contribution in [3.8, 4) is 11.5 Å². The van der Waals surface area contributed by atoms with Crippen LogP contribution in [0.3, 0.4) is 0 Å². The number of fused-ring (bicyclic) bond motifs is 1. The molecule has 0 bridgehead atoms. The lowest BCUT2D eigenvalue weighted by Crippen LogP contribution is -2.31. The number of anilines is 1. The summed E-state index contributed by atoms with van der Waals surface area (Å²) in [5.74, 6) is 0.410. The molecule has 2 amide bonds. The van der Waals surface area contributed by atoms with Crippen LogP contribution in [0.4, 0.5) is 11.4 Å². The highest BCUT2D eigenvalue weighted by molar-refractivity contribution is 6.31. The zero-order chi connectivity index (χ0) is 20.5. The van der Waals surface area contributed by atoms with Gasteiger partial charge in [-0.2, -0.15) is 0 Å². The molecule has 4 rings (SSSR count). The lowest BCUT2D eigenvalue weighted by Gasteiger charge is -2.17. The van der Waals surface area contributed by atoms with Gasteiger partial charge < -0.3 is 19.7 Å². The predicted octanol–water partition coefficient (Wildman–Crippen LogP) is 2.76. The van der Waals surface area contributed by atoms with Crippen LogP contribution in [0.25, 0.3) is 0 Å². The quantitative estimate of drug-likeness (QED) is 0.591. The number of hydrogen-bond acceptors (Lipinski definition) is 6. The molecule has 2 aromatic carbocycles. The Bertz CT molecular complexity index is 1010. The molecule has 0 aromatic heterocycles. The maximum atomic E-state index is 12.4. The first-order valence-corrected chi connectivity index (χ1v) is 9.22. The summed E-state index contributed by atoms with van der Waals surface area (Å²) in [6, 6.07) is 9.08. The largest absolute Gasteiger partial charge is 0.454 e. The van der Waals surface area contributed by atoms with Crippen LogP contribution < -0.4 is 19.7 Å². The SMILES string of the molecule is O=C(NCC1CC(=O)N(c2ccc3c(c2)OCO3)C1)c1cc(Cl)ccc1[N+](=O)[O-]. The first kappa shape index (κ1) is 19.0. The van der Waals surface area contributed by atoms with Crippen molar-refractivity contribution in [1.29, 1.82) is 0 Å². The molecule has 1 fully saturated rings. The molecule has 0 aliphatic carbocycles. The third kappa shape index (κ3) is 3.81. The van der Waals surface area contributed by atoms with Gasteiger partial charge in [0.05, 0.1) is 4.92 Å². The van der Waals surface area contributed by atoms with E-state index in [9.17, 15) is 19.7 Å². The van der Waals surface area contributed by atoms with Gasteiger partial charge in [0, 0.05) is 48.3 Å². The molecule has 0 radical (unpaired) electrons. The van der Waals surface area contributed by atoms with Crippen LogP contribution in [0.1, 0.15) is 16.8 Å². The Hall–Kier alpha value is -3.33. The number of hydrogen-bond donors (Lipinski definition) is 1. The first-order valence-electron chi connectivity index (χ1n) is 8.84. The molecule has 9 nitrogen and oxygen atoms in total. The van der Waals surface area contributed by atoms with E-state index in [1.165, 1.54) is 18.2 Å². The number of nitrogens with one attached hydrogen (secondary N) is 1. The molecule has 2 aliphatic rings. The molecule has 0 spiro atoms. The van der Waals surface area contributed by atoms with E-state index in [0.717, 1.165) is 0 Å². The van der Waals surface area contributed by atoms with E-state index in [-0.39, 0.29) is 47.9 Å². The van der Waals surface area contributed by atoms with E-state index in [0.29, 0.717) is 23.7 Å². The summed E-state index contributed by atoms with van der Waals surface area (Å²) in [6.07, 6.45) is 0.256. The Balaban J connectivity index is 1.41. The smallest absolute Gasteiger partial charge is 0.282 e. The van der Waals surface area contributed by atoms with Crippen molar-refractivity contribution in [3.63, 3.8) is 0 Å². The van der Waals surface area contributed by atoms with Crippen LogP contribution in [-0.4, -0.2) is 36.6 Å². The first-order chi connectivity index (χ1) is 13.9. The number of ether oxygens (including phenoxy) is 2. The van der Waals surface area contributed by atoms with E-state index in [1.54, 1.807) is 23.1 Å². The van der Waals surface area contributed by atoms with Crippen molar-refractivity contribution < 1.29 is 24.0 Å². The van der Waals surface area contributed by atoms with Crippen molar-refractivity contribution in [1.82, 2.24) is 5.32 Å². The fourth-order valence-corrected chi connectivity index (χ4v) is 3.57. The number of halogens is 1. The molecule has 1 N–H and O–H groups in total. The molecule has 1 unspecified atom stereocenters. The molecular formula is C19H16ClN3O6. The highest BCUT2D eigenvalue weighted by atomic mass is 35.5. The number of nitro benzene ring substituents is 1. The van der Waals surface area contributed by atoms with Gasteiger partial charge in [-0.1, -0.05) is 11.6 Å². The maximum absolute atomic E-state index is 12.4. The molecule has 2 aromatic rings. The van der Waals surface area contributed by atoms with Crippen LogP contribution in [0.5, 0.6) is 11.5 Å². The Morgan fingerprint density at radius 3 is 2.83 bits per heavy atom. The summed E-state index contributed by atoms with van der Waals surface area (Å²) in [6.45, 7) is 0.767. The summed E-state index contributed by atoms with van der Waals surface area (Å²) in [5, 5.41) is 14.0. The molecule has 2 heterocycles. The van der Waals surface area contributed by atoms with E-state index >= 15 is 0 Å². The van der Waals surface area contributed by atoms with Crippen molar-refractivity contribution in [2.45, 2.75) is 6.42 Å². The van der Waals surface area contributed by atoms with E-state index < -0.39 is 10.8 Å². The van der Waals surface area contributed by atoms with E-state index in [2.05, 4.69) is 5.32 Å². The fourth-order valence-electron chi connectivity index (χ4n) is 3.40. The topological polar surface area (TPSA) is 111 Å². The van der Waals surface area contributed by atoms with Gasteiger partial charge in [0.1, 0.15) is 5.56 Å². The van der Waals surface area contributed by atoms with Gasteiger partial charge in [-0.05, 0) is 24.3 Å². The molecule has 0 saturated carbocycles. The van der Waals surface area contributed by atoms with E-state index in [4.69, 9.17) is 21.1 Å². The van der Waals surface area contributed by atoms with Gasteiger partial charge in [-0.15, -0.1) is 0 Å². The molecule has 150 valence electrons. The molecule has 1 saturated heterocycles. The Labute approximate surface area is 170 Å². The second-order valence-electron chi connectivity index (χ2n) is 6.74. The predicted molar refractivity (Wildman–Crippen MR) is 103 cm³/mol. The number of nitro groups is 1. The van der Waals surface area contributed by atoms with Crippen molar-refractivity contribution >= 4 is 34.8 Å². The van der Waals surface area contributed by atoms with Gasteiger partial charge in [-0.3, -0.25) is 19.7 Å². The average Bonchev–Trinajstić information content (AvgIpc) is 3.31. The van der Waals surface area contributed by atoms with E-state index in [1.807, 2.05) is 0 Å². The molecule has 10 heteroatoms. The summed E-state index contributed by atoms with van der Waals surface area (Å²) >= 11 is 5.87. The molecule has 29 heavy (non-hydrogen) atoms. The second kappa shape index (κ2) is 7.59. The van der Waals surface area contributed by atoms with Crippen molar-refractivity contribution in [3.05, 3.63) is 57.1 Å². The van der Waals surface area contributed by atoms with Crippen LogP contribution in [0.15, 0.2) is 36.4 Å². The minimum absolute atomic E-state index is 0.0724. The highest BCUT2D eigenvalue weighted by Gasteiger charge is 2.32. The van der Waals surface area contributed by atoms with Gasteiger partial charge in [0.2, 0.25) is 12.7 Å². The average molecular weight is 418 g/mol. The number of amides is 2. The van der Waals surface area contributed by atoms with Crippen LogP contribution in [-0.2, 0) is 4.79 Å².